The molecule has 3 nitrogen and oxygen atoms in total. The molecule has 0 N–H and O–H groups in total. The average Bonchev–Trinajstić information content (AvgIpc) is 3.07. The maximum Gasteiger partial charge on any atom is 0.317 e. The second-order valence-electron chi connectivity index (χ2n) is 4.09. The zero-order chi connectivity index (χ0) is 11.0. The first-order valence-corrected chi connectivity index (χ1v) is 5.36. The van der Waals surface area contributed by atoms with E-state index in [0.717, 1.165) is 16.7 Å². The molecule has 1 atom stereocenters. The molecule has 0 radical (unpaired) electrons. The van der Waals surface area contributed by atoms with Gasteiger partial charge in [0.15, 0.2) is 0 Å². The van der Waals surface area contributed by atoms with Crippen LogP contribution in [0.25, 0.3) is 0 Å². The van der Waals surface area contributed by atoms with Gasteiger partial charge in [-0.25, -0.2) is 0 Å². The molecule has 1 unspecified atom stereocenters. The summed E-state index contributed by atoms with van der Waals surface area (Å²) in [6.45, 7) is 1.46. The quantitative estimate of drug-likeness (QED) is 0.490. The fourth-order valence-corrected chi connectivity index (χ4v) is 1.88. The molecule has 0 aromatic heterocycles. The van der Waals surface area contributed by atoms with E-state index in [2.05, 4.69) is 0 Å². The lowest BCUT2D eigenvalue weighted by molar-refractivity contribution is -0.146. The van der Waals surface area contributed by atoms with Gasteiger partial charge in [0.2, 0.25) is 0 Å². The Balaban J connectivity index is 1.83. The van der Waals surface area contributed by atoms with Gasteiger partial charge in [-0.3, -0.25) is 4.79 Å². The number of hydrogen-bond acceptors (Lipinski definition) is 3. The van der Waals surface area contributed by atoms with Crippen LogP contribution in [-0.2, 0) is 27.5 Å². The number of fused-ring (bicyclic) bond motifs is 2. The minimum Gasteiger partial charge on any atom is -0.460 e. The lowest BCUT2D eigenvalue weighted by atomic mass is 10.1. The third kappa shape index (κ3) is 1.74. The van der Waals surface area contributed by atoms with Crippen molar-refractivity contribution in [1.82, 2.24) is 0 Å². The van der Waals surface area contributed by atoms with Crippen molar-refractivity contribution < 1.29 is 14.3 Å². The summed E-state index contributed by atoms with van der Waals surface area (Å²) in [5.74, 6) is -0.277. The molecule has 0 saturated heterocycles. The minimum atomic E-state index is -0.157. The van der Waals surface area contributed by atoms with Gasteiger partial charge in [0.25, 0.3) is 0 Å². The largest absolute Gasteiger partial charge is 0.460 e. The molecule has 1 aromatic rings. The van der Waals surface area contributed by atoms with E-state index in [4.69, 9.17) is 9.47 Å². The van der Waals surface area contributed by atoms with E-state index in [-0.39, 0.29) is 11.9 Å². The van der Waals surface area contributed by atoms with E-state index in [1.54, 1.807) is 0 Å². The Labute approximate surface area is 93.7 Å². The summed E-state index contributed by atoms with van der Waals surface area (Å²) in [6.07, 6.45) is 1.90. The number of hydrogen-bond donors (Lipinski definition) is 0. The number of ether oxygens (including phenoxy) is 2. The van der Waals surface area contributed by atoms with E-state index >= 15 is 0 Å². The first-order chi connectivity index (χ1) is 7.84. The number of rotatable bonds is 0. The van der Waals surface area contributed by atoms with Gasteiger partial charge in [-0.05, 0) is 16.7 Å². The van der Waals surface area contributed by atoms with Gasteiger partial charge in [0.05, 0.1) is 19.1 Å². The van der Waals surface area contributed by atoms with Crippen LogP contribution in [-0.4, -0.2) is 12.6 Å². The number of esters is 1. The smallest absolute Gasteiger partial charge is 0.317 e. The Hall–Kier alpha value is -1.61. The summed E-state index contributed by atoms with van der Waals surface area (Å²) in [4.78, 5) is 11.6. The maximum absolute atomic E-state index is 11.6. The Morgan fingerprint density at radius 2 is 1.81 bits per heavy atom. The monoisotopic (exact) mass is 216 g/mol. The summed E-state index contributed by atoms with van der Waals surface area (Å²) in [5.41, 5.74) is 3.17. The molecule has 3 heteroatoms. The number of cyclic esters (lactones) is 1. The van der Waals surface area contributed by atoms with Crippen LogP contribution in [0.3, 0.4) is 0 Å². The summed E-state index contributed by atoms with van der Waals surface area (Å²) >= 11 is 0. The molecule has 2 aliphatic rings. The van der Waals surface area contributed by atoms with Gasteiger partial charge >= 0.3 is 5.97 Å². The molecule has 1 aliphatic heterocycles. The summed E-state index contributed by atoms with van der Waals surface area (Å²) in [7, 11) is 0. The molecule has 0 fully saturated rings. The molecule has 0 saturated carbocycles. The third-order valence-corrected chi connectivity index (χ3v) is 2.94. The van der Waals surface area contributed by atoms with Crippen molar-refractivity contribution in [2.45, 2.75) is 13.2 Å². The fraction of sp³-hybridized carbons (Fsp3) is 0.308. The topological polar surface area (TPSA) is 35.5 Å². The van der Waals surface area contributed by atoms with E-state index in [1.807, 2.05) is 30.3 Å². The first kappa shape index (κ1) is 9.60. The van der Waals surface area contributed by atoms with Crippen LogP contribution in [0.5, 0.6) is 0 Å². The Kier molecular flexibility index (Phi) is 2.26. The van der Waals surface area contributed by atoms with Crippen LogP contribution in [0, 0.1) is 5.92 Å². The molecule has 16 heavy (non-hydrogen) atoms. The van der Waals surface area contributed by atoms with Crippen molar-refractivity contribution in [2.24, 2.45) is 5.92 Å². The molecule has 82 valence electrons. The van der Waals surface area contributed by atoms with Crippen molar-refractivity contribution in [1.29, 1.82) is 0 Å². The van der Waals surface area contributed by atoms with Crippen LogP contribution in [0.2, 0.25) is 0 Å². The molecule has 1 aliphatic carbocycles. The Morgan fingerprint density at radius 3 is 2.62 bits per heavy atom. The number of carbonyl (C=O) groups is 1. The van der Waals surface area contributed by atoms with Crippen molar-refractivity contribution in [3.8, 4) is 0 Å². The van der Waals surface area contributed by atoms with Gasteiger partial charge in [-0.1, -0.05) is 30.3 Å². The second-order valence-corrected chi connectivity index (χ2v) is 4.09. The van der Waals surface area contributed by atoms with Gasteiger partial charge in [0.1, 0.15) is 6.61 Å². The van der Waals surface area contributed by atoms with Crippen LogP contribution in [0.1, 0.15) is 11.1 Å². The third-order valence-electron chi connectivity index (χ3n) is 2.94. The lowest BCUT2D eigenvalue weighted by Gasteiger charge is -2.12. The average molecular weight is 216 g/mol. The van der Waals surface area contributed by atoms with E-state index in [1.165, 1.54) is 0 Å². The van der Waals surface area contributed by atoms with Crippen LogP contribution in [0.15, 0.2) is 35.9 Å². The highest BCUT2D eigenvalue weighted by molar-refractivity contribution is 5.83. The molecule has 0 bridgehead atoms. The minimum absolute atomic E-state index is 0.120. The fourth-order valence-electron chi connectivity index (χ4n) is 1.88. The maximum atomic E-state index is 11.6. The normalized spacial score (nSPS) is 23.6. The highest BCUT2D eigenvalue weighted by Crippen LogP contribution is 2.31. The van der Waals surface area contributed by atoms with Crippen molar-refractivity contribution in [3.05, 3.63) is 47.0 Å². The zero-order valence-corrected chi connectivity index (χ0v) is 8.81. The Morgan fingerprint density at radius 1 is 1.06 bits per heavy atom. The summed E-state index contributed by atoms with van der Waals surface area (Å²) < 4.78 is 10.8. The number of benzene rings is 1. The predicted octanol–water partition coefficient (Wildman–Crippen LogP) is 1.82. The molecule has 3 rings (SSSR count). The van der Waals surface area contributed by atoms with Crippen LogP contribution < -0.4 is 0 Å². The van der Waals surface area contributed by atoms with E-state index in [9.17, 15) is 4.79 Å². The number of carbonyl (C=O) groups excluding carboxylic acids is 1. The Bertz CT molecular complexity index is 462. The summed E-state index contributed by atoms with van der Waals surface area (Å²) in [6, 6.07) is 7.88. The molecule has 0 amide bonds. The molecule has 1 heterocycles. The SMILES string of the molecule is O=C1OCc2ccccc2COCC2=CC12. The molecule has 1 aromatic carbocycles. The van der Waals surface area contributed by atoms with Crippen LogP contribution >= 0.6 is 0 Å². The first-order valence-electron chi connectivity index (χ1n) is 5.36. The van der Waals surface area contributed by atoms with Crippen molar-refractivity contribution in [3.63, 3.8) is 0 Å². The van der Waals surface area contributed by atoms with E-state index in [0.29, 0.717) is 19.8 Å². The zero-order valence-electron chi connectivity index (χ0n) is 8.81. The molecule has 0 spiro atoms. The lowest BCUT2D eigenvalue weighted by Crippen LogP contribution is -2.13. The van der Waals surface area contributed by atoms with Gasteiger partial charge in [-0.15, -0.1) is 0 Å². The highest BCUT2D eigenvalue weighted by atomic mass is 16.5. The summed E-state index contributed by atoms with van der Waals surface area (Å²) in [5, 5.41) is 0. The van der Waals surface area contributed by atoms with Gasteiger partial charge in [-0.2, -0.15) is 0 Å². The molecular formula is C13H12O3. The standard InChI is InChI=1S/C13H12O3/c14-13-12-5-11(12)7-15-6-9-3-1-2-4-10(9)8-16-13/h1-5,12H,6-8H2. The highest BCUT2D eigenvalue weighted by Gasteiger charge is 2.33. The van der Waals surface area contributed by atoms with Crippen molar-refractivity contribution >= 4 is 5.97 Å². The van der Waals surface area contributed by atoms with Gasteiger partial charge in [0, 0.05) is 0 Å². The van der Waals surface area contributed by atoms with Crippen molar-refractivity contribution in [2.75, 3.05) is 6.61 Å². The predicted molar refractivity (Wildman–Crippen MR) is 57.5 cm³/mol. The molecular weight excluding hydrogens is 204 g/mol. The van der Waals surface area contributed by atoms with Crippen LogP contribution in [0.4, 0.5) is 0 Å². The van der Waals surface area contributed by atoms with Gasteiger partial charge < -0.3 is 9.47 Å². The second kappa shape index (κ2) is 3.76. The van der Waals surface area contributed by atoms with E-state index < -0.39 is 0 Å².